The molecule has 0 bridgehead atoms. The molecule has 168 valence electrons. The predicted octanol–water partition coefficient (Wildman–Crippen LogP) is 4.92. The van der Waals surface area contributed by atoms with Crippen molar-refractivity contribution in [1.29, 1.82) is 0 Å². The van der Waals surface area contributed by atoms with Crippen molar-refractivity contribution in [3.63, 3.8) is 0 Å². The van der Waals surface area contributed by atoms with Gasteiger partial charge >= 0.3 is 0 Å². The van der Waals surface area contributed by atoms with Crippen molar-refractivity contribution in [3.8, 4) is 0 Å². The fraction of sp³-hybridized carbons (Fsp3) is 0.920. The number of rotatable bonds is 3. The normalized spacial score (nSPS) is 52.1. The van der Waals surface area contributed by atoms with E-state index in [2.05, 4.69) is 26.1 Å². The molecule has 9 unspecified atom stereocenters. The first-order valence-corrected chi connectivity index (χ1v) is 12.5. The first-order valence-electron chi connectivity index (χ1n) is 12.5. The third-order valence-corrected chi connectivity index (χ3v) is 10.2. The van der Waals surface area contributed by atoms with Crippen LogP contribution in [0.4, 0.5) is 4.39 Å². The maximum atomic E-state index is 14.4. The van der Waals surface area contributed by atoms with Crippen molar-refractivity contribution >= 4 is 11.5 Å². The maximum absolute atomic E-state index is 14.4. The van der Waals surface area contributed by atoms with E-state index in [1.807, 2.05) is 0 Å². The number of hydrogen-bond donors (Lipinski definition) is 1. The number of alkyl halides is 1. The van der Waals surface area contributed by atoms with E-state index in [0.29, 0.717) is 30.1 Å². The lowest BCUT2D eigenvalue weighted by atomic mass is 9.43. The van der Waals surface area contributed by atoms with Crippen molar-refractivity contribution < 1.29 is 14.0 Å². The molecule has 5 aliphatic rings. The minimum atomic E-state index is -1.22. The first-order chi connectivity index (χ1) is 14.4. The van der Waals surface area contributed by atoms with Gasteiger partial charge in [0.25, 0.3) is 0 Å². The molecule has 0 aromatic rings. The third kappa shape index (κ3) is 3.01. The van der Waals surface area contributed by atoms with E-state index in [1.54, 1.807) is 0 Å². The first kappa shape index (κ1) is 20.9. The molecule has 30 heavy (non-hydrogen) atoms. The second kappa shape index (κ2) is 7.56. The molecule has 1 N–H and O–H groups in total. The number of carbonyl (C=O) groups excluding carboxylic acids is 1. The summed E-state index contributed by atoms with van der Waals surface area (Å²) in [6, 6.07) is 0. The highest BCUT2D eigenvalue weighted by Gasteiger charge is 2.63. The van der Waals surface area contributed by atoms with Crippen LogP contribution in [-0.2, 0) is 9.63 Å². The number of fused-ring (bicyclic) bond motifs is 5. The Bertz CT molecular complexity index is 720. The summed E-state index contributed by atoms with van der Waals surface area (Å²) in [6.07, 6.45) is 8.17. The van der Waals surface area contributed by atoms with Gasteiger partial charge < -0.3 is 10.2 Å². The zero-order valence-corrected chi connectivity index (χ0v) is 19.0. The van der Waals surface area contributed by atoms with Crippen molar-refractivity contribution in [3.05, 3.63) is 0 Å². The highest BCUT2D eigenvalue weighted by molar-refractivity contribution is 5.91. The molecule has 1 saturated heterocycles. The van der Waals surface area contributed by atoms with Crippen LogP contribution >= 0.6 is 0 Å². The van der Waals surface area contributed by atoms with E-state index < -0.39 is 11.6 Å². The van der Waals surface area contributed by atoms with Gasteiger partial charge in [0.15, 0.2) is 12.0 Å². The summed E-state index contributed by atoms with van der Waals surface area (Å²) in [5.74, 6) is 2.45. The van der Waals surface area contributed by atoms with Crippen LogP contribution in [0.25, 0.3) is 0 Å². The Hall–Kier alpha value is -0.970. The molecular formula is C25H39FN2O2. The van der Waals surface area contributed by atoms with Crippen LogP contribution in [0.2, 0.25) is 0 Å². The Balaban J connectivity index is 1.37. The zero-order valence-electron chi connectivity index (χ0n) is 19.0. The molecule has 5 fully saturated rings. The van der Waals surface area contributed by atoms with Crippen LogP contribution in [-0.4, -0.2) is 36.9 Å². The van der Waals surface area contributed by atoms with Crippen LogP contribution in [0.15, 0.2) is 5.16 Å². The monoisotopic (exact) mass is 418 g/mol. The topological polar surface area (TPSA) is 50.7 Å². The van der Waals surface area contributed by atoms with Gasteiger partial charge in [-0.25, -0.2) is 4.39 Å². The lowest BCUT2D eigenvalue weighted by molar-refractivity contribution is -0.140. The van der Waals surface area contributed by atoms with Crippen LogP contribution in [0.1, 0.15) is 78.6 Å². The number of carbonyl (C=O) groups is 1. The van der Waals surface area contributed by atoms with Gasteiger partial charge in [-0.05, 0) is 87.0 Å². The lowest BCUT2D eigenvalue weighted by Gasteiger charge is -2.61. The lowest BCUT2D eigenvalue weighted by Crippen LogP contribution is -2.56. The molecule has 0 amide bonds. The molecule has 4 nitrogen and oxygen atoms in total. The molecule has 4 saturated carbocycles. The summed E-state index contributed by atoms with van der Waals surface area (Å²) in [4.78, 5) is 18.5. The highest BCUT2D eigenvalue weighted by Crippen LogP contribution is 2.66. The minimum absolute atomic E-state index is 0.0960. The molecule has 1 heterocycles. The van der Waals surface area contributed by atoms with Crippen LogP contribution in [0.5, 0.6) is 0 Å². The summed E-state index contributed by atoms with van der Waals surface area (Å²) in [5.41, 5.74) is 1.17. The Morgan fingerprint density at radius 3 is 2.70 bits per heavy atom. The largest absolute Gasteiger partial charge is 0.391 e. The molecule has 5 heteroatoms. The van der Waals surface area contributed by atoms with Gasteiger partial charge in [-0.2, -0.15) is 0 Å². The molecule has 0 radical (unpaired) electrons. The quantitative estimate of drug-likeness (QED) is 0.662. The Labute approximate surface area is 180 Å². The van der Waals surface area contributed by atoms with Gasteiger partial charge in [0, 0.05) is 24.3 Å². The molecule has 0 aromatic heterocycles. The SMILES string of the molecule is CCC1C(=NOC2CCNC2)CCC2(C)C1CCC1C3CC(F)C(=O)C3(C)CCC12. The highest BCUT2D eigenvalue weighted by atomic mass is 19.1. The van der Waals surface area contributed by atoms with Gasteiger partial charge in [-0.1, -0.05) is 25.9 Å². The van der Waals surface area contributed by atoms with E-state index in [0.717, 1.165) is 58.0 Å². The van der Waals surface area contributed by atoms with E-state index in [-0.39, 0.29) is 23.2 Å². The van der Waals surface area contributed by atoms with Crippen LogP contribution < -0.4 is 5.32 Å². The standard InChI is InChI=1S/C25H39FN2O2/c1-4-16-18-6-5-17-19(7-10-25(3)20(17)13-21(26)23(25)29)24(18,2)11-8-22(16)28-30-15-9-12-27-14-15/h15-21,27H,4-14H2,1-3H3. The summed E-state index contributed by atoms with van der Waals surface area (Å²) in [5, 5.41) is 8.06. The molecule has 4 aliphatic carbocycles. The zero-order chi connectivity index (χ0) is 21.1. The number of nitrogens with zero attached hydrogens (tertiary/aromatic N) is 1. The molecule has 0 aromatic carbocycles. The molecule has 1 aliphatic heterocycles. The van der Waals surface area contributed by atoms with Gasteiger partial charge in [0.05, 0.1) is 5.71 Å². The van der Waals surface area contributed by atoms with Gasteiger partial charge in [0.1, 0.15) is 6.10 Å². The molecule has 5 rings (SSSR count). The number of Topliss-reactive ketones (excluding diaryl/α,β-unsaturated/α-hetero) is 1. The van der Waals surface area contributed by atoms with E-state index >= 15 is 0 Å². The van der Waals surface area contributed by atoms with Crippen molar-refractivity contribution in [2.75, 3.05) is 13.1 Å². The second-order valence-electron chi connectivity index (χ2n) is 11.4. The van der Waals surface area contributed by atoms with Crippen molar-refractivity contribution in [2.24, 2.45) is 45.6 Å². The molecule has 9 atom stereocenters. The van der Waals surface area contributed by atoms with E-state index in [9.17, 15) is 9.18 Å². The van der Waals surface area contributed by atoms with Crippen LogP contribution in [0, 0.1) is 40.4 Å². The molecule has 0 spiro atoms. The van der Waals surface area contributed by atoms with Gasteiger partial charge in [-0.15, -0.1) is 0 Å². The maximum Gasteiger partial charge on any atom is 0.173 e. The van der Waals surface area contributed by atoms with Gasteiger partial charge in [0.2, 0.25) is 0 Å². The Morgan fingerprint density at radius 1 is 1.13 bits per heavy atom. The van der Waals surface area contributed by atoms with Crippen molar-refractivity contribution in [2.45, 2.75) is 90.8 Å². The number of ketones is 1. The average molecular weight is 419 g/mol. The fourth-order valence-corrected chi connectivity index (χ4v) is 8.57. The summed E-state index contributed by atoms with van der Waals surface area (Å²) < 4.78 is 14.4. The summed E-state index contributed by atoms with van der Waals surface area (Å²) >= 11 is 0. The summed E-state index contributed by atoms with van der Waals surface area (Å²) in [6.45, 7) is 8.82. The van der Waals surface area contributed by atoms with E-state index in [1.165, 1.54) is 12.1 Å². The van der Waals surface area contributed by atoms with Crippen LogP contribution in [0.3, 0.4) is 0 Å². The number of nitrogens with one attached hydrogen (secondary N) is 1. The minimum Gasteiger partial charge on any atom is -0.391 e. The van der Waals surface area contributed by atoms with Crippen molar-refractivity contribution in [1.82, 2.24) is 5.32 Å². The second-order valence-corrected chi connectivity index (χ2v) is 11.4. The number of hydrogen-bond acceptors (Lipinski definition) is 4. The average Bonchev–Trinajstić information content (AvgIpc) is 3.33. The third-order valence-electron chi connectivity index (χ3n) is 10.2. The Kier molecular flexibility index (Phi) is 5.27. The fourth-order valence-electron chi connectivity index (χ4n) is 8.57. The van der Waals surface area contributed by atoms with E-state index in [4.69, 9.17) is 9.99 Å². The summed E-state index contributed by atoms with van der Waals surface area (Å²) in [7, 11) is 0. The smallest absolute Gasteiger partial charge is 0.173 e. The predicted molar refractivity (Wildman–Crippen MR) is 116 cm³/mol. The number of halogens is 1. The molecular weight excluding hydrogens is 379 g/mol. The van der Waals surface area contributed by atoms with Gasteiger partial charge in [-0.3, -0.25) is 4.79 Å². The Morgan fingerprint density at radius 2 is 1.97 bits per heavy atom. The number of oxime groups is 1.